The fourth-order valence-corrected chi connectivity index (χ4v) is 4.68. The van der Waals surface area contributed by atoms with Gasteiger partial charge in [0.15, 0.2) is 5.16 Å². The summed E-state index contributed by atoms with van der Waals surface area (Å²) < 4.78 is 1.87. The second-order valence-electron chi connectivity index (χ2n) is 7.62. The summed E-state index contributed by atoms with van der Waals surface area (Å²) in [7, 11) is 0. The maximum Gasteiger partial charge on any atom is 0.166 e. The molecule has 0 aliphatic carbocycles. The van der Waals surface area contributed by atoms with Crippen LogP contribution in [0.2, 0.25) is 0 Å². The summed E-state index contributed by atoms with van der Waals surface area (Å²) in [6.45, 7) is 4.18. The summed E-state index contributed by atoms with van der Waals surface area (Å²) in [6, 6.07) is 24.6. The molecule has 0 amide bonds. The van der Waals surface area contributed by atoms with Gasteiger partial charge in [-0.25, -0.2) is 9.67 Å². The molecule has 5 nitrogen and oxygen atoms in total. The molecule has 0 spiro atoms. The lowest BCUT2D eigenvalue weighted by Crippen LogP contribution is -2.04. The summed E-state index contributed by atoms with van der Waals surface area (Å²) in [5.41, 5.74) is 15.0. The molecule has 3 N–H and O–H groups in total. The van der Waals surface area contributed by atoms with Gasteiger partial charge < -0.3 is 10.7 Å². The van der Waals surface area contributed by atoms with Crippen LogP contribution in [0.1, 0.15) is 16.8 Å². The number of H-pyrrole nitrogens is 1. The molecular formula is C25H23N5S. The van der Waals surface area contributed by atoms with E-state index >= 15 is 0 Å². The third-order valence-corrected chi connectivity index (χ3v) is 6.23. The van der Waals surface area contributed by atoms with E-state index in [2.05, 4.69) is 54.1 Å². The molecule has 2 aromatic heterocycles. The number of aryl methyl sites for hydroxylation is 2. The van der Waals surface area contributed by atoms with E-state index in [9.17, 15) is 0 Å². The Balaban J connectivity index is 1.56. The summed E-state index contributed by atoms with van der Waals surface area (Å²) in [6.07, 6.45) is 0. The number of hydrogen-bond donors (Lipinski definition) is 2. The topological polar surface area (TPSA) is 72.5 Å². The molecule has 5 aromatic rings. The highest BCUT2D eigenvalue weighted by Gasteiger charge is 2.20. The van der Waals surface area contributed by atoms with Crippen molar-refractivity contribution in [3.05, 3.63) is 89.6 Å². The van der Waals surface area contributed by atoms with Crippen LogP contribution in [0.15, 0.2) is 78.0 Å². The summed E-state index contributed by atoms with van der Waals surface area (Å²) in [5.74, 6) is 1.31. The van der Waals surface area contributed by atoms with Gasteiger partial charge in [-0.3, -0.25) is 0 Å². The molecule has 31 heavy (non-hydrogen) atoms. The number of nitrogens with one attached hydrogen (secondary N) is 1. The Hall–Kier alpha value is -3.51. The van der Waals surface area contributed by atoms with Crippen molar-refractivity contribution in [2.75, 3.05) is 5.73 Å². The predicted octanol–water partition coefficient (Wildman–Crippen LogP) is 5.91. The second kappa shape index (κ2) is 7.96. The smallest absolute Gasteiger partial charge is 0.166 e. The summed E-state index contributed by atoms with van der Waals surface area (Å²) in [5, 5.41) is 5.82. The molecule has 0 saturated carbocycles. The zero-order valence-corrected chi connectivity index (χ0v) is 18.3. The van der Waals surface area contributed by atoms with Crippen LogP contribution in [-0.2, 0) is 5.75 Å². The molecule has 2 heterocycles. The van der Waals surface area contributed by atoms with Crippen LogP contribution < -0.4 is 5.73 Å². The number of fused-ring (bicyclic) bond motifs is 1. The quantitative estimate of drug-likeness (QED) is 0.344. The highest BCUT2D eigenvalue weighted by Crippen LogP contribution is 2.35. The maximum atomic E-state index is 6.67. The second-order valence-corrected chi connectivity index (χ2v) is 8.59. The number of nitrogens with two attached hydrogens (primary N) is 1. The van der Waals surface area contributed by atoms with Crippen LogP contribution in [0, 0.1) is 13.8 Å². The van der Waals surface area contributed by atoms with Gasteiger partial charge in [0.1, 0.15) is 5.82 Å². The van der Waals surface area contributed by atoms with Gasteiger partial charge in [-0.05, 0) is 43.2 Å². The Bertz CT molecular complexity index is 1330. The average molecular weight is 426 g/mol. The number of aromatic amines is 1. The van der Waals surface area contributed by atoms with Crippen LogP contribution in [-0.4, -0.2) is 19.7 Å². The van der Waals surface area contributed by atoms with E-state index in [-0.39, 0.29) is 0 Å². The zero-order chi connectivity index (χ0) is 21.4. The zero-order valence-electron chi connectivity index (χ0n) is 17.5. The highest BCUT2D eigenvalue weighted by atomic mass is 32.2. The van der Waals surface area contributed by atoms with E-state index in [1.54, 1.807) is 11.8 Å². The number of thioether (sulfide) groups is 1. The Kier molecular flexibility index (Phi) is 5.00. The Morgan fingerprint density at radius 3 is 2.52 bits per heavy atom. The van der Waals surface area contributed by atoms with Crippen molar-refractivity contribution in [2.45, 2.75) is 24.8 Å². The first-order valence-electron chi connectivity index (χ1n) is 10.2. The fourth-order valence-electron chi connectivity index (χ4n) is 3.86. The monoisotopic (exact) mass is 425 g/mol. The summed E-state index contributed by atoms with van der Waals surface area (Å²) >= 11 is 1.63. The van der Waals surface area contributed by atoms with Gasteiger partial charge in [-0.1, -0.05) is 71.9 Å². The lowest BCUT2D eigenvalue weighted by atomic mass is 10.1. The van der Waals surface area contributed by atoms with Crippen LogP contribution in [0.3, 0.4) is 0 Å². The van der Waals surface area contributed by atoms with Crippen LogP contribution in [0.25, 0.3) is 27.8 Å². The van der Waals surface area contributed by atoms with Gasteiger partial charge >= 0.3 is 0 Å². The minimum absolute atomic E-state index is 0.651. The largest absolute Gasteiger partial charge is 0.383 e. The number of anilines is 1. The van der Waals surface area contributed by atoms with E-state index in [4.69, 9.17) is 10.8 Å². The van der Waals surface area contributed by atoms with Crippen molar-refractivity contribution in [3.8, 4) is 16.8 Å². The number of aromatic nitrogens is 4. The third-order valence-electron chi connectivity index (χ3n) is 5.35. The number of imidazole rings is 1. The Morgan fingerprint density at radius 1 is 0.968 bits per heavy atom. The minimum Gasteiger partial charge on any atom is -0.383 e. The van der Waals surface area contributed by atoms with Gasteiger partial charge in [-0.15, -0.1) is 0 Å². The normalized spacial score (nSPS) is 11.3. The van der Waals surface area contributed by atoms with Gasteiger partial charge in [0.25, 0.3) is 0 Å². The standard InChI is InChI=1S/C25H23N5S/c1-16-12-13-22(17(2)14-16)30-24(26)23(18-8-4-3-5-9-18)21(29-30)15-31-25-27-19-10-6-7-11-20(19)28-25/h3-14H,15,26H2,1-2H3,(H,27,28). The molecule has 0 saturated heterocycles. The fraction of sp³-hybridized carbons (Fsp3) is 0.120. The molecule has 5 rings (SSSR count). The van der Waals surface area contributed by atoms with Crippen molar-refractivity contribution in [2.24, 2.45) is 0 Å². The van der Waals surface area contributed by atoms with Crippen LogP contribution in [0.4, 0.5) is 5.82 Å². The lowest BCUT2D eigenvalue weighted by molar-refractivity contribution is 0.861. The van der Waals surface area contributed by atoms with Gasteiger partial charge in [0.05, 0.1) is 22.4 Å². The van der Waals surface area contributed by atoms with Gasteiger partial charge in [0, 0.05) is 11.3 Å². The maximum absolute atomic E-state index is 6.67. The summed E-state index contributed by atoms with van der Waals surface area (Å²) in [4.78, 5) is 8.06. The number of para-hydroxylation sites is 2. The first kappa shape index (κ1) is 19.5. The molecule has 154 valence electrons. The van der Waals surface area contributed by atoms with Crippen molar-refractivity contribution in [1.82, 2.24) is 19.7 Å². The SMILES string of the molecule is Cc1ccc(-n2nc(CSc3nc4ccccc4[nH]3)c(-c3ccccc3)c2N)c(C)c1. The lowest BCUT2D eigenvalue weighted by Gasteiger charge is -2.09. The van der Waals surface area contributed by atoms with E-state index in [1.165, 1.54) is 5.56 Å². The van der Waals surface area contributed by atoms with Crippen LogP contribution >= 0.6 is 11.8 Å². The van der Waals surface area contributed by atoms with Crippen LogP contribution in [0.5, 0.6) is 0 Å². The number of hydrogen-bond acceptors (Lipinski definition) is 4. The van der Waals surface area contributed by atoms with E-state index in [1.807, 2.05) is 47.1 Å². The minimum atomic E-state index is 0.651. The van der Waals surface area contributed by atoms with Crippen molar-refractivity contribution in [1.29, 1.82) is 0 Å². The van der Waals surface area contributed by atoms with Gasteiger partial charge in [-0.2, -0.15) is 5.10 Å². The van der Waals surface area contributed by atoms with E-state index in [0.717, 1.165) is 44.3 Å². The molecule has 0 atom stereocenters. The van der Waals surface area contributed by atoms with Gasteiger partial charge in [0.2, 0.25) is 0 Å². The number of nitrogen functional groups attached to an aromatic ring is 1. The molecule has 0 bridgehead atoms. The van der Waals surface area contributed by atoms with E-state index < -0.39 is 0 Å². The highest BCUT2D eigenvalue weighted by molar-refractivity contribution is 7.98. The van der Waals surface area contributed by atoms with E-state index in [0.29, 0.717) is 11.6 Å². The average Bonchev–Trinajstić information content (AvgIpc) is 3.33. The molecule has 3 aromatic carbocycles. The molecule has 0 radical (unpaired) electrons. The molecule has 0 aliphatic heterocycles. The van der Waals surface area contributed by atoms with Crippen molar-refractivity contribution in [3.63, 3.8) is 0 Å². The molecule has 0 fully saturated rings. The first-order valence-corrected chi connectivity index (χ1v) is 11.2. The molecular weight excluding hydrogens is 402 g/mol. The first-order chi connectivity index (χ1) is 15.1. The molecule has 0 aliphatic rings. The Morgan fingerprint density at radius 2 is 1.74 bits per heavy atom. The molecule has 6 heteroatoms. The number of nitrogens with zero attached hydrogens (tertiary/aromatic N) is 3. The van der Waals surface area contributed by atoms with Crippen molar-refractivity contribution >= 4 is 28.6 Å². The third kappa shape index (κ3) is 3.70. The number of benzene rings is 3. The molecule has 0 unspecified atom stereocenters. The predicted molar refractivity (Wildman–Crippen MR) is 129 cm³/mol. The van der Waals surface area contributed by atoms with Crippen molar-refractivity contribution < 1.29 is 0 Å². The number of rotatable bonds is 5. The Labute approximate surface area is 185 Å².